The highest BCUT2D eigenvalue weighted by Gasteiger charge is 2.28. The molecule has 4 aromatic rings. The molecule has 0 saturated carbocycles. The van der Waals surface area contributed by atoms with Crippen molar-refractivity contribution in [3.63, 3.8) is 0 Å². The van der Waals surface area contributed by atoms with Crippen LogP contribution in [0, 0.1) is 6.92 Å². The minimum absolute atomic E-state index is 0.0268. The summed E-state index contributed by atoms with van der Waals surface area (Å²) in [6.45, 7) is 13.7. The number of amides is 3. The Morgan fingerprint density at radius 3 is 2.05 bits per heavy atom. The van der Waals surface area contributed by atoms with E-state index >= 15 is 0 Å². The van der Waals surface area contributed by atoms with E-state index in [1.54, 1.807) is 30.5 Å². The number of benzene rings is 3. The fourth-order valence-electron chi connectivity index (χ4n) is 6.64. The molecule has 17 heteroatoms. The van der Waals surface area contributed by atoms with Crippen molar-refractivity contribution < 1.29 is 46.5 Å². The number of nitrogens with zero attached hydrogens (tertiary/aromatic N) is 2. The molecule has 0 bridgehead atoms. The molecule has 4 N–H and O–H groups in total. The van der Waals surface area contributed by atoms with Gasteiger partial charge in [0.2, 0.25) is 21.8 Å². The molecule has 3 aromatic carbocycles. The molecule has 0 unspecified atom stereocenters. The molecule has 16 nitrogen and oxygen atoms in total. The van der Waals surface area contributed by atoms with Gasteiger partial charge < -0.3 is 49.1 Å². The van der Waals surface area contributed by atoms with Crippen molar-refractivity contribution in [2.45, 2.75) is 70.0 Å². The molecule has 0 spiro atoms. The zero-order chi connectivity index (χ0) is 44.4. The number of hydrogen-bond donors (Lipinski definition) is 4. The van der Waals surface area contributed by atoms with Crippen LogP contribution in [-0.2, 0) is 56.3 Å². The normalized spacial score (nSPS) is 13.8. The molecule has 3 amide bonds. The summed E-state index contributed by atoms with van der Waals surface area (Å²) < 4.78 is 59.1. The lowest BCUT2D eigenvalue weighted by Crippen LogP contribution is -2.45. The van der Waals surface area contributed by atoms with Gasteiger partial charge in [-0.25, -0.2) is 13.2 Å². The SMILES string of the molecule is Cc1ccc(S(=O)(=O)N[C@@H](Cc2cn(CC(=O)NCCCOCCOCCOCCCNC(=O)OC(C)(C)C)c3ccccc23)C(=O)Nc2ccc(N3CCOCC3)cc2)cc1. The van der Waals surface area contributed by atoms with Crippen molar-refractivity contribution in [3.05, 3.63) is 90.1 Å². The molecule has 2 heterocycles. The number of hydrogen-bond acceptors (Lipinski definition) is 11. The van der Waals surface area contributed by atoms with Gasteiger partial charge in [0.15, 0.2) is 0 Å². The van der Waals surface area contributed by atoms with Crippen LogP contribution in [0.15, 0.2) is 83.9 Å². The van der Waals surface area contributed by atoms with Crippen molar-refractivity contribution in [3.8, 4) is 0 Å². The quantitative estimate of drug-likeness (QED) is 0.0710. The first-order chi connectivity index (χ1) is 29.8. The third-order valence-corrected chi connectivity index (χ3v) is 11.2. The van der Waals surface area contributed by atoms with Crippen LogP contribution in [0.5, 0.6) is 0 Å². The summed E-state index contributed by atoms with van der Waals surface area (Å²) in [6, 6.07) is 20.3. The van der Waals surface area contributed by atoms with E-state index in [1.165, 1.54) is 12.1 Å². The number of rotatable bonds is 24. The van der Waals surface area contributed by atoms with E-state index in [0.29, 0.717) is 90.0 Å². The summed E-state index contributed by atoms with van der Waals surface area (Å²) >= 11 is 0. The predicted molar refractivity (Wildman–Crippen MR) is 238 cm³/mol. The average Bonchev–Trinajstić information content (AvgIpc) is 3.58. The molecule has 5 rings (SSSR count). The zero-order valence-corrected chi connectivity index (χ0v) is 37.1. The van der Waals surface area contributed by atoms with Crippen molar-refractivity contribution in [1.29, 1.82) is 0 Å². The molecular weight excluding hydrogens is 817 g/mol. The van der Waals surface area contributed by atoms with Crippen LogP contribution in [0.25, 0.3) is 10.9 Å². The van der Waals surface area contributed by atoms with Crippen molar-refractivity contribution in [2.75, 3.05) is 89.3 Å². The lowest BCUT2D eigenvalue weighted by Gasteiger charge is -2.29. The fourth-order valence-corrected chi connectivity index (χ4v) is 7.83. The van der Waals surface area contributed by atoms with Gasteiger partial charge in [-0.3, -0.25) is 9.59 Å². The zero-order valence-electron chi connectivity index (χ0n) is 36.3. The molecule has 1 atom stereocenters. The standard InChI is InChI=1S/C45H62N6O10S/c1-34-11-17-38(18-12-34)62(55,56)49-40(43(53)48-36-13-15-37(16-14-36)50-21-25-59-26-22-50)31-35-32-51(41-10-6-5-9-39(35)41)33-42(52)46-19-7-23-57-27-29-60-30-28-58-24-8-20-47-44(54)61-45(2,3)4/h5-6,9-18,32,40,49H,7-8,19-31,33H2,1-4H3,(H,46,52)(H,47,54)(H,48,53)/t40-/m0/s1. The number of alkyl carbamates (subject to hydrolysis) is 1. The lowest BCUT2D eigenvalue weighted by molar-refractivity contribution is -0.121. The minimum atomic E-state index is -4.09. The maximum Gasteiger partial charge on any atom is 0.407 e. The van der Waals surface area contributed by atoms with Gasteiger partial charge in [-0.1, -0.05) is 35.9 Å². The van der Waals surface area contributed by atoms with Crippen LogP contribution >= 0.6 is 0 Å². The highest BCUT2D eigenvalue weighted by atomic mass is 32.2. The van der Waals surface area contributed by atoms with E-state index in [1.807, 2.05) is 68.7 Å². The number of anilines is 2. The van der Waals surface area contributed by atoms with E-state index < -0.39 is 33.7 Å². The average molecular weight is 879 g/mol. The fraction of sp³-hybridized carbons (Fsp3) is 0.489. The monoisotopic (exact) mass is 878 g/mol. The summed E-state index contributed by atoms with van der Waals surface area (Å²) in [4.78, 5) is 41.0. The lowest BCUT2D eigenvalue weighted by atomic mass is 10.0. The first kappa shape index (κ1) is 48.0. The van der Waals surface area contributed by atoms with E-state index in [0.717, 1.165) is 35.2 Å². The number of para-hydroxylation sites is 1. The molecule has 1 saturated heterocycles. The molecule has 1 aromatic heterocycles. The van der Waals surface area contributed by atoms with Gasteiger partial charge in [0.1, 0.15) is 18.2 Å². The summed E-state index contributed by atoms with van der Waals surface area (Å²) in [7, 11) is -4.09. The molecule has 1 fully saturated rings. The number of aromatic nitrogens is 1. The van der Waals surface area contributed by atoms with Gasteiger partial charge in [0.05, 0.1) is 44.5 Å². The first-order valence-electron chi connectivity index (χ1n) is 21.1. The number of fused-ring (bicyclic) bond motifs is 1. The summed E-state index contributed by atoms with van der Waals surface area (Å²) in [6.07, 6.45) is 2.66. The number of sulfonamides is 1. The number of morpholine rings is 1. The maximum atomic E-state index is 14.0. The van der Waals surface area contributed by atoms with Crippen LogP contribution < -0.4 is 25.6 Å². The van der Waals surface area contributed by atoms with Gasteiger partial charge in [0, 0.05) is 67.9 Å². The number of ether oxygens (including phenoxy) is 5. The van der Waals surface area contributed by atoms with Crippen LogP contribution in [0.4, 0.5) is 16.2 Å². The Balaban J connectivity index is 1.08. The Morgan fingerprint density at radius 2 is 1.40 bits per heavy atom. The van der Waals surface area contributed by atoms with Crippen LogP contribution in [-0.4, -0.2) is 122 Å². The second-order valence-corrected chi connectivity index (χ2v) is 17.7. The number of nitrogens with one attached hydrogen (secondary N) is 4. The number of carbonyl (C=O) groups excluding carboxylic acids is 3. The summed E-state index contributed by atoms with van der Waals surface area (Å²) in [5, 5.41) is 9.35. The topological polar surface area (TPSA) is 188 Å². The van der Waals surface area contributed by atoms with Crippen molar-refractivity contribution >= 4 is 50.2 Å². The maximum absolute atomic E-state index is 14.0. The van der Waals surface area contributed by atoms with Gasteiger partial charge in [-0.15, -0.1) is 0 Å². The Labute approximate surface area is 365 Å². The van der Waals surface area contributed by atoms with Gasteiger partial charge in [-0.2, -0.15) is 4.72 Å². The Hall–Kier alpha value is -5.04. The third kappa shape index (κ3) is 16.0. The van der Waals surface area contributed by atoms with Crippen LogP contribution in [0.3, 0.4) is 0 Å². The summed E-state index contributed by atoms with van der Waals surface area (Å²) in [5.74, 6) is -0.716. The minimum Gasteiger partial charge on any atom is -0.444 e. The second kappa shape index (κ2) is 24.0. The van der Waals surface area contributed by atoms with E-state index in [2.05, 4.69) is 25.6 Å². The number of carbonyl (C=O) groups is 3. The van der Waals surface area contributed by atoms with Gasteiger partial charge >= 0.3 is 6.09 Å². The molecule has 0 radical (unpaired) electrons. The smallest absolute Gasteiger partial charge is 0.407 e. The highest BCUT2D eigenvalue weighted by molar-refractivity contribution is 7.89. The highest BCUT2D eigenvalue weighted by Crippen LogP contribution is 2.25. The predicted octanol–water partition coefficient (Wildman–Crippen LogP) is 4.79. The molecule has 1 aliphatic rings. The second-order valence-electron chi connectivity index (χ2n) is 15.9. The Kier molecular flexibility index (Phi) is 18.6. The van der Waals surface area contributed by atoms with Gasteiger partial charge in [0.25, 0.3) is 0 Å². The molecule has 0 aliphatic carbocycles. The molecule has 62 heavy (non-hydrogen) atoms. The Morgan fingerprint density at radius 1 is 0.790 bits per heavy atom. The largest absolute Gasteiger partial charge is 0.444 e. The number of aryl methyl sites for hydroxylation is 1. The summed E-state index contributed by atoms with van der Waals surface area (Å²) in [5.41, 5.74) is 3.40. The van der Waals surface area contributed by atoms with Gasteiger partial charge in [-0.05, 0) is 95.0 Å². The Bertz CT molecular complexity index is 2130. The molecule has 338 valence electrons. The van der Waals surface area contributed by atoms with E-state index in [9.17, 15) is 22.8 Å². The van der Waals surface area contributed by atoms with Crippen molar-refractivity contribution in [1.82, 2.24) is 19.9 Å². The van der Waals surface area contributed by atoms with Crippen LogP contribution in [0.1, 0.15) is 44.7 Å². The third-order valence-electron chi connectivity index (χ3n) is 9.73. The van der Waals surface area contributed by atoms with E-state index in [4.69, 9.17) is 23.7 Å². The molecular formula is C45H62N6O10S. The van der Waals surface area contributed by atoms with E-state index in [-0.39, 0.29) is 23.8 Å². The molecule has 1 aliphatic heterocycles. The first-order valence-corrected chi connectivity index (χ1v) is 22.6. The van der Waals surface area contributed by atoms with Crippen molar-refractivity contribution in [2.24, 2.45) is 0 Å². The van der Waals surface area contributed by atoms with Crippen LogP contribution in [0.2, 0.25) is 0 Å².